The van der Waals surface area contributed by atoms with Gasteiger partial charge >= 0.3 is 5.97 Å². The van der Waals surface area contributed by atoms with E-state index in [0.717, 1.165) is 16.7 Å². The molecule has 0 unspecified atom stereocenters. The van der Waals surface area contributed by atoms with Crippen molar-refractivity contribution in [2.45, 2.75) is 223 Å². The predicted octanol–water partition coefficient (Wildman–Crippen LogP) is 4.01. The van der Waals surface area contributed by atoms with Gasteiger partial charge in [0.25, 0.3) is 0 Å². The molecule has 0 spiro atoms. The highest BCUT2D eigenvalue weighted by Gasteiger charge is 2.47. The number of allylic oxidation sites excluding steroid dienone is 3. The Morgan fingerprint density at radius 2 is 0.933 bits per heavy atom. The molecule has 4 N–H and O–H groups in total. The van der Waals surface area contributed by atoms with Crippen LogP contribution >= 0.6 is 0 Å². The maximum Gasteiger partial charge on any atom is 0.303 e. The van der Waals surface area contributed by atoms with E-state index in [0.29, 0.717) is 0 Å². The van der Waals surface area contributed by atoms with Gasteiger partial charge in [0.2, 0.25) is 65.0 Å². The number of hydrogen-bond donors (Lipinski definition) is 4. The van der Waals surface area contributed by atoms with Gasteiger partial charge in [0.05, 0.1) is 6.54 Å². The summed E-state index contributed by atoms with van der Waals surface area (Å²) in [6.07, 6.45) is 4.40. The first-order chi connectivity index (χ1) is 41.1. The van der Waals surface area contributed by atoms with Crippen molar-refractivity contribution in [2.24, 2.45) is 41.4 Å². The van der Waals surface area contributed by atoms with Crippen molar-refractivity contribution in [3.8, 4) is 0 Å². The predicted molar refractivity (Wildman–Crippen MR) is 343 cm³/mol. The van der Waals surface area contributed by atoms with Gasteiger partial charge < -0.3 is 60.3 Å². The quantitative estimate of drug-likeness (QED) is 0.119. The maximum absolute atomic E-state index is 15.4. The second-order valence-corrected chi connectivity index (χ2v) is 26.8. The molecule has 89 heavy (non-hydrogen) atoms. The second-order valence-electron chi connectivity index (χ2n) is 26.8. The van der Waals surface area contributed by atoms with Gasteiger partial charge in [0.15, 0.2) is 0 Å². The molecule has 1 rings (SSSR count). The minimum atomic E-state index is -1.63. The van der Waals surface area contributed by atoms with E-state index in [1.54, 1.807) is 59.8 Å². The lowest BCUT2D eigenvalue weighted by Gasteiger charge is -2.42. The van der Waals surface area contributed by atoms with Crippen LogP contribution in [0.1, 0.15) is 156 Å². The van der Waals surface area contributed by atoms with Crippen molar-refractivity contribution in [2.75, 3.05) is 55.9 Å². The molecule has 1 saturated heterocycles. The minimum Gasteiger partial charge on any atom is -0.459 e. The third-order valence-electron chi connectivity index (χ3n) is 16.4. The van der Waals surface area contributed by atoms with E-state index in [4.69, 9.17) is 4.74 Å². The second kappa shape index (κ2) is 36.7. The van der Waals surface area contributed by atoms with Crippen molar-refractivity contribution in [3.63, 3.8) is 0 Å². The van der Waals surface area contributed by atoms with Gasteiger partial charge in [-0.2, -0.15) is 0 Å². The molecular formula is C65H113N11O13. The first-order valence-corrected chi connectivity index (χ1v) is 31.6. The molecule has 24 heteroatoms. The Hall–Kier alpha value is -6.88. The highest BCUT2D eigenvalue weighted by atomic mass is 16.5. The van der Waals surface area contributed by atoms with E-state index < -0.39 is 162 Å². The minimum absolute atomic E-state index is 0.0132. The van der Waals surface area contributed by atoms with Crippen LogP contribution in [0.2, 0.25) is 0 Å². The molecule has 1 aliphatic rings. The summed E-state index contributed by atoms with van der Waals surface area (Å²) in [6, 6.07) is -12.6. The first kappa shape index (κ1) is 80.1. The number of rotatable bonds is 17. The van der Waals surface area contributed by atoms with Crippen LogP contribution in [0.5, 0.6) is 0 Å². The number of hydrogen-bond acceptors (Lipinski definition) is 13. The number of carbonyl (C=O) groups excluding carboxylic acids is 12. The summed E-state index contributed by atoms with van der Waals surface area (Å²) in [4.78, 5) is 183. The first-order valence-electron chi connectivity index (χ1n) is 31.6. The zero-order valence-corrected chi connectivity index (χ0v) is 58.2. The van der Waals surface area contributed by atoms with E-state index in [-0.39, 0.29) is 62.2 Å². The van der Waals surface area contributed by atoms with Crippen LogP contribution in [-0.4, -0.2) is 228 Å². The zero-order valence-electron chi connectivity index (χ0n) is 58.2. The SMILES string of the molecule is C=C/C=C\C[C@@H](C)[C@@H](OC(C)=O)[C@H]1C(=O)N[C@@H](CC)C(=O)N(C)CC(=O)N(C)[C@@H](CC(C)C)C(=O)N[C@@H](C(C)C)C(=O)N(C)[C@@H](CC(C)C)C(=O)N[C@@H](C)C(=O)N[C@H](C)C(=O)N(C)[C@@H](CC(C)C)C(=O)N(C)[C@@H](CC(C)C)C(=O)N(C)[C@@H](C(C)C)C(=O)N1C. The van der Waals surface area contributed by atoms with Crippen LogP contribution in [0.25, 0.3) is 0 Å². The standard InChI is InChI=1S/C65H113N11O13/c1-26-28-29-30-42(15)55(89-45(18)77)54-59(82)68-46(27-2)61(84)70(19)35-51(78)71(20)47(31-36(3)4)58(81)69-52(40(11)12)64(87)72(21)48(32-37(5)6)57(80)66-43(16)56(79)67-44(17)60(83)73(22)49(33-38(7)8)62(85)74(23)50(34-39(9)10)63(86)75(24)53(41(13)14)65(88)76(54)25/h26,28-29,36-44,46-50,52-55H,1,27,30-35H2,2-25H3,(H,66,80)(H,67,79)(H,68,82)(H,69,81)/b29-28-/t42-,43+,44-,46+,47+,48+,49+,50+,52+,53+,54+,55-/m1/s1. The fourth-order valence-electron chi connectivity index (χ4n) is 11.1. The molecule has 12 atom stereocenters. The number of esters is 1. The van der Waals surface area contributed by atoms with Crippen LogP contribution in [0.3, 0.4) is 0 Å². The van der Waals surface area contributed by atoms with Crippen LogP contribution in [0.4, 0.5) is 0 Å². The van der Waals surface area contributed by atoms with Crippen LogP contribution < -0.4 is 21.3 Å². The zero-order chi connectivity index (χ0) is 69.0. The van der Waals surface area contributed by atoms with E-state index in [9.17, 15) is 38.4 Å². The molecule has 506 valence electrons. The number of ether oxygens (including phenoxy) is 1. The lowest BCUT2D eigenvalue weighted by atomic mass is 9.91. The van der Waals surface area contributed by atoms with Crippen molar-refractivity contribution >= 4 is 70.9 Å². The van der Waals surface area contributed by atoms with E-state index in [1.807, 2.05) is 55.4 Å². The highest BCUT2D eigenvalue weighted by molar-refractivity contribution is 5.99. The normalized spacial score (nSPS) is 26.1. The van der Waals surface area contributed by atoms with E-state index in [1.165, 1.54) is 87.7 Å². The molecule has 0 saturated carbocycles. The number of likely N-dealkylation sites (N-methyl/N-ethyl adjacent to an activating group) is 7. The Morgan fingerprint density at radius 1 is 0.506 bits per heavy atom. The Kier molecular flexibility index (Phi) is 33.0. The average Bonchev–Trinajstić information content (AvgIpc) is 0.961. The van der Waals surface area contributed by atoms with Crippen LogP contribution in [-0.2, 0) is 62.3 Å². The molecule has 1 fully saturated rings. The van der Waals surface area contributed by atoms with Gasteiger partial charge in [-0.05, 0) is 93.8 Å². The van der Waals surface area contributed by atoms with E-state index >= 15 is 19.2 Å². The highest BCUT2D eigenvalue weighted by Crippen LogP contribution is 2.27. The maximum atomic E-state index is 15.4. The summed E-state index contributed by atoms with van der Waals surface area (Å²) in [5.74, 6) is -10.8. The molecule has 11 amide bonds. The van der Waals surface area contributed by atoms with Gasteiger partial charge in [-0.3, -0.25) is 57.5 Å². The third kappa shape index (κ3) is 23.1. The molecular weight excluding hydrogens is 1140 g/mol. The van der Waals surface area contributed by atoms with Gasteiger partial charge in [-0.25, -0.2) is 0 Å². The summed E-state index contributed by atoms with van der Waals surface area (Å²) < 4.78 is 5.94. The van der Waals surface area contributed by atoms with E-state index in [2.05, 4.69) is 27.8 Å². The molecule has 0 bridgehead atoms. The Morgan fingerprint density at radius 3 is 1.38 bits per heavy atom. The summed E-state index contributed by atoms with van der Waals surface area (Å²) in [5.41, 5.74) is 0. The molecule has 1 heterocycles. The molecule has 0 aromatic rings. The summed E-state index contributed by atoms with van der Waals surface area (Å²) in [5, 5.41) is 11.0. The number of amides is 11. The van der Waals surface area contributed by atoms with Gasteiger partial charge in [-0.1, -0.05) is 122 Å². The molecule has 24 nitrogen and oxygen atoms in total. The summed E-state index contributed by atoms with van der Waals surface area (Å²) in [7, 11) is 9.85. The molecule has 1 aliphatic heterocycles. The van der Waals surface area contributed by atoms with Gasteiger partial charge in [0.1, 0.15) is 66.5 Å². The Labute approximate surface area is 531 Å². The lowest BCUT2D eigenvalue weighted by Crippen LogP contribution is -2.64. The fraction of sp³-hybridized carbons (Fsp3) is 0.754. The number of nitrogens with one attached hydrogen (secondary N) is 4. The number of nitrogens with zero attached hydrogens (tertiary/aromatic N) is 7. The van der Waals surface area contributed by atoms with Gasteiger partial charge in [0, 0.05) is 56.3 Å². The molecule has 0 aliphatic carbocycles. The van der Waals surface area contributed by atoms with Crippen molar-refractivity contribution < 1.29 is 62.3 Å². The molecule has 0 aromatic carbocycles. The van der Waals surface area contributed by atoms with Gasteiger partial charge in [-0.15, -0.1) is 0 Å². The van der Waals surface area contributed by atoms with Crippen molar-refractivity contribution in [1.82, 2.24) is 55.6 Å². The molecule has 0 aromatic heterocycles. The Balaban J connectivity index is 4.45. The average molecular weight is 1260 g/mol. The monoisotopic (exact) mass is 1260 g/mol. The van der Waals surface area contributed by atoms with Crippen LogP contribution in [0.15, 0.2) is 24.8 Å². The summed E-state index contributed by atoms with van der Waals surface area (Å²) in [6.45, 7) is 32.3. The largest absolute Gasteiger partial charge is 0.459 e. The molecule has 0 radical (unpaired) electrons. The smallest absolute Gasteiger partial charge is 0.303 e. The number of carbonyl (C=O) groups is 12. The lowest BCUT2D eigenvalue weighted by molar-refractivity contribution is -0.164. The fourth-order valence-corrected chi connectivity index (χ4v) is 11.1. The van der Waals surface area contributed by atoms with Crippen molar-refractivity contribution in [3.05, 3.63) is 24.8 Å². The van der Waals surface area contributed by atoms with Crippen LogP contribution in [0, 0.1) is 41.4 Å². The van der Waals surface area contributed by atoms with Crippen molar-refractivity contribution in [1.29, 1.82) is 0 Å². The topological polar surface area (TPSA) is 285 Å². The third-order valence-corrected chi connectivity index (χ3v) is 16.4. The summed E-state index contributed by atoms with van der Waals surface area (Å²) >= 11 is 0. The Bertz CT molecular complexity index is 2500.